The molecule has 0 saturated heterocycles. The molecule has 0 atom stereocenters. The second-order valence-electron chi connectivity index (χ2n) is 5.65. The minimum absolute atomic E-state index is 0.0202. The van der Waals surface area contributed by atoms with Crippen LogP contribution in [0, 0.1) is 13.8 Å². The third kappa shape index (κ3) is 4.96. The van der Waals surface area contributed by atoms with Crippen LogP contribution in [0.1, 0.15) is 37.3 Å². The lowest BCUT2D eigenvalue weighted by Gasteiger charge is -2.12. The van der Waals surface area contributed by atoms with Crippen LogP contribution in [-0.2, 0) is 4.79 Å². The predicted octanol–water partition coefficient (Wildman–Crippen LogP) is 5.22. The molecule has 0 unspecified atom stereocenters. The first-order valence-corrected chi connectivity index (χ1v) is 8.17. The van der Waals surface area contributed by atoms with Crippen LogP contribution in [0.2, 0.25) is 5.02 Å². The van der Waals surface area contributed by atoms with E-state index in [1.54, 1.807) is 6.20 Å². The third-order valence-electron chi connectivity index (χ3n) is 3.49. The van der Waals surface area contributed by atoms with Crippen molar-refractivity contribution in [3.8, 4) is 0 Å². The number of amides is 1. The van der Waals surface area contributed by atoms with Gasteiger partial charge in [0, 0.05) is 6.42 Å². The second kappa shape index (κ2) is 7.97. The van der Waals surface area contributed by atoms with Crippen molar-refractivity contribution in [1.82, 2.24) is 4.98 Å². The predicted molar refractivity (Wildman–Crippen MR) is 96.6 cm³/mol. The van der Waals surface area contributed by atoms with E-state index in [1.807, 2.05) is 32.0 Å². The van der Waals surface area contributed by atoms with E-state index in [2.05, 4.69) is 28.6 Å². The summed E-state index contributed by atoms with van der Waals surface area (Å²) < 4.78 is 0. The number of aromatic nitrogens is 1. The van der Waals surface area contributed by atoms with Crippen molar-refractivity contribution in [1.29, 1.82) is 0 Å². The molecule has 0 bridgehead atoms. The molecule has 2 aromatic rings. The zero-order valence-corrected chi connectivity index (χ0v) is 14.5. The molecule has 0 aliphatic carbocycles. The van der Waals surface area contributed by atoms with Crippen LogP contribution >= 0.6 is 11.6 Å². The van der Waals surface area contributed by atoms with Gasteiger partial charge in [0.05, 0.1) is 22.6 Å². The molecule has 5 heteroatoms. The van der Waals surface area contributed by atoms with E-state index >= 15 is 0 Å². The van der Waals surface area contributed by atoms with E-state index in [9.17, 15) is 4.79 Å². The zero-order chi connectivity index (χ0) is 16.8. The SMILES string of the molecule is CCCCC(=O)Nc1ccc(Nc2c(C)cc(C)cc2Cl)nc1. The number of anilines is 3. The number of pyridine rings is 1. The lowest BCUT2D eigenvalue weighted by molar-refractivity contribution is -0.116. The topological polar surface area (TPSA) is 54.0 Å². The summed E-state index contributed by atoms with van der Waals surface area (Å²) in [5.41, 5.74) is 3.73. The largest absolute Gasteiger partial charge is 0.339 e. The van der Waals surface area contributed by atoms with Crippen molar-refractivity contribution in [3.05, 3.63) is 46.6 Å². The van der Waals surface area contributed by atoms with Gasteiger partial charge in [0.2, 0.25) is 5.91 Å². The number of carbonyl (C=O) groups excluding carboxylic acids is 1. The molecular formula is C18H22ClN3O. The number of benzene rings is 1. The standard InChI is InChI=1S/C18H22ClN3O/c1-4-5-6-17(23)21-14-7-8-16(20-11-14)22-18-13(3)9-12(2)10-15(18)19/h7-11H,4-6H2,1-3H3,(H,20,22)(H,21,23). The van der Waals surface area contributed by atoms with Crippen molar-refractivity contribution < 1.29 is 4.79 Å². The molecule has 1 amide bonds. The van der Waals surface area contributed by atoms with Crippen molar-refractivity contribution >= 4 is 34.7 Å². The van der Waals surface area contributed by atoms with E-state index in [-0.39, 0.29) is 5.91 Å². The Morgan fingerprint density at radius 1 is 1.26 bits per heavy atom. The lowest BCUT2D eigenvalue weighted by Crippen LogP contribution is -2.11. The van der Waals surface area contributed by atoms with Crippen LogP contribution in [0.15, 0.2) is 30.5 Å². The van der Waals surface area contributed by atoms with E-state index in [4.69, 9.17) is 11.6 Å². The van der Waals surface area contributed by atoms with Crippen LogP contribution in [0.4, 0.5) is 17.2 Å². The number of rotatable bonds is 6. The molecule has 0 aliphatic heterocycles. The molecule has 0 fully saturated rings. The van der Waals surface area contributed by atoms with Gasteiger partial charge in [0.15, 0.2) is 0 Å². The fourth-order valence-electron chi connectivity index (χ4n) is 2.30. The Hall–Kier alpha value is -2.07. The molecule has 4 nitrogen and oxygen atoms in total. The van der Waals surface area contributed by atoms with Gasteiger partial charge in [-0.3, -0.25) is 4.79 Å². The van der Waals surface area contributed by atoms with E-state index in [0.717, 1.165) is 29.7 Å². The van der Waals surface area contributed by atoms with Gasteiger partial charge < -0.3 is 10.6 Å². The van der Waals surface area contributed by atoms with Crippen molar-refractivity contribution in [2.24, 2.45) is 0 Å². The molecule has 122 valence electrons. The average molecular weight is 332 g/mol. The molecular weight excluding hydrogens is 310 g/mol. The summed E-state index contributed by atoms with van der Waals surface area (Å²) in [4.78, 5) is 16.0. The molecule has 1 heterocycles. The maximum atomic E-state index is 11.7. The Balaban J connectivity index is 2.04. The highest BCUT2D eigenvalue weighted by Gasteiger charge is 2.07. The molecule has 2 rings (SSSR count). The van der Waals surface area contributed by atoms with Gasteiger partial charge in [0.25, 0.3) is 0 Å². The van der Waals surface area contributed by atoms with Gasteiger partial charge in [0.1, 0.15) is 5.82 Å². The van der Waals surface area contributed by atoms with Crippen molar-refractivity contribution in [3.63, 3.8) is 0 Å². The summed E-state index contributed by atoms with van der Waals surface area (Å²) >= 11 is 6.29. The number of nitrogens with one attached hydrogen (secondary N) is 2. The summed E-state index contributed by atoms with van der Waals surface area (Å²) in [6, 6.07) is 7.64. The molecule has 0 radical (unpaired) electrons. The Morgan fingerprint density at radius 3 is 2.65 bits per heavy atom. The Labute approximate surface area is 142 Å². The highest BCUT2D eigenvalue weighted by Crippen LogP contribution is 2.29. The summed E-state index contributed by atoms with van der Waals surface area (Å²) in [6.45, 7) is 6.08. The van der Waals surface area contributed by atoms with Crippen LogP contribution in [-0.4, -0.2) is 10.9 Å². The average Bonchev–Trinajstić information content (AvgIpc) is 2.50. The van der Waals surface area contributed by atoms with Crippen LogP contribution < -0.4 is 10.6 Å². The van der Waals surface area contributed by atoms with Gasteiger partial charge in [-0.05, 0) is 49.6 Å². The molecule has 1 aromatic carbocycles. The van der Waals surface area contributed by atoms with Gasteiger partial charge in [-0.15, -0.1) is 0 Å². The molecule has 0 aliphatic rings. The minimum atomic E-state index is 0.0202. The summed E-state index contributed by atoms with van der Waals surface area (Å²) in [7, 11) is 0. The summed E-state index contributed by atoms with van der Waals surface area (Å²) in [5.74, 6) is 0.706. The first-order valence-electron chi connectivity index (χ1n) is 7.79. The molecule has 0 saturated carbocycles. The van der Waals surface area contributed by atoms with Gasteiger partial charge in [-0.2, -0.15) is 0 Å². The number of carbonyl (C=O) groups is 1. The Bertz CT molecular complexity index is 660. The number of hydrogen-bond donors (Lipinski definition) is 2. The normalized spacial score (nSPS) is 10.4. The highest BCUT2D eigenvalue weighted by molar-refractivity contribution is 6.33. The van der Waals surface area contributed by atoms with Crippen LogP contribution in [0.5, 0.6) is 0 Å². The monoisotopic (exact) mass is 331 g/mol. The molecule has 1 aromatic heterocycles. The quantitative estimate of drug-likeness (QED) is 0.762. The number of unbranched alkanes of at least 4 members (excludes halogenated alkanes) is 1. The Kier molecular flexibility index (Phi) is 5.99. The first-order chi connectivity index (χ1) is 11.0. The number of halogens is 1. The molecule has 0 spiro atoms. The van der Waals surface area contributed by atoms with E-state index in [0.29, 0.717) is 22.9 Å². The second-order valence-corrected chi connectivity index (χ2v) is 6.05. The minimum Gasteiger partial charge on any atom is -0.339 e. The summed E-state index contributed by atoms with van der Waals surface area (Å²) in [6.07, 6.45) is 4.08. The van der Waals surface area contributed by atoms with Crippen LogP contribution in [0.3, 0.4) is 0 Å². The maximum absolute atomic E-state index is 11.7. The zero-order valence-electron chi connectivity index (χ0n) is 13.7. The Morgan fingerprint density at radius 2 is 2.04 bits per heavy atom. The van der Waals surface area contributed by atoms with Crippen molar-refractivity contribution in [2.45, 2.75) is 40.0 Å². The fourth-order valence-corrected chi connectivity index (χ4v) is 2.67. The summed E-state index contributed by atoms with van der Waals surface area (Å²) in [5, 5.41) is 6.74. The number of aryl methyl sites for hydroxylation is 2. The fraction of sp³-hybridized carbons (Fsp3) is 0.333. The molecule has 23 heavy (non-hydrogen) atoms. The van der Waals surface area contributed by atoms with Gasteiger partial charge in [-0.25, -0.2) is 4.98 Å². The van der Waals surface area contributed by atoms with Crippen molar-refractivity contribution in [2.75, 3.05) is 10.6 Å². The number of hydrogen-bond acceptors (Lipinski definition) is 3. The van der Waals surface area contributed by atoms with E-state index < -0.39 is 0 Å². The van der Waals surface area contributed by atoms with Gasteiger partial charge in [-0.1, -0.05) is 31.0 Å². The first kappa shape index (κ1) is 17.3. The third-order valence-corrected chi connectivity index (χ3v) is 3.79. The van der Waals surface area contributed by atoms with Gasteiger partial charge >= 0.3 is 0 Å². The number of nitrogens with zero attached hydrogens (tertiary/aromatic N) is 1. The lowest BCUT2D eigenvalue weighted by atomic mass is 10.1. The molecule has 2 N–H and O–H groups in total. The van der Waals surface area contributed by atoms with Crippen LogP contribution in [0.25, 0.3) is 0 Å². The van der Waals surface area contributed by atoms with E-state index in [1.165, 1.54) is 0 Å². The maximum Gasteiger partial charge on any atom is 0.224 e. The highest BCUT2D eigenvalue weighted by atomic mass is 35.5. The smallest absolute Gasteiger partial charge is 0.224 e.